The molecule has 1 fully saturated rings. The molecule has 1 aliphatic rings. The van der Waals surface area contributed by atoms with Crippen LogP contribution in [0.1, 0.15) is 39.0 Å². The van der Waals surface area contributed by atoms with Gasteiger partial charge in [0.05, 0.1) is 11.8 Å². The van der Waals surface area contributed by atoms with Crippen molar-refractivity contribution in [3.05, 3.63) is 93.3 Å². The van der Waals surface area contributed by atoms with Crippen LogP contribution in [0.3, 0.4) is 0 Å². The molecule has 2 heterocycles. The number of aromatic amines is 1. The van der Waals surface area contributed by atoms with E-state index in [1.807, 2.05) is 36.4 Å². The highest BCUT2D eigenvalue weighted by molar-refractivity contribution is 7.06. The Morgan fingerprint density at radius 2 is 1.66 bits per heavy atom. The predicted molar refractivity (Wildman–Crippen MR) is 137 cm³/mol. The number of nitrogens with one attached hydrogen (secondary N) is 1. The van der Waals surface area contributed by atoms with Crippen LogP contribution in [0.5, 0.6) is 0 Å². The number of aryl methyl sites for hydroxylation is 1. The number of rotatable bonds is 6. The maximum atomic E-state index is 12.9. The van der Waals surface area contributed by atoms with E-state index in [0.29, 0.717) is 5.56 Å². The molecule has 4 N–H and O–H groups in total. The van der Waals surface area contributed by atoms with Gasteiger partial charge in [-0.25, -0.2) is 10.7 Å². The molecule has 0 bridgehead atoms. The quantitative estimate of drug-likeness (QED) is 0.351. The molecule has 0 aliphatic carbocycles. The second-order valence-corrected chi connectivity index (χ2v) is 15.3. The number of hydrogen-bond donors (Lipinski definition) is 3. The number of nitrogens with two attached hydrogens (primary N) is 1. The molecule has 1 saturated heterocycles. The molecule has 9 heteroatoms. The van der Waals surface area contributed by atoms with Crippen molar-refractivity contribution in [2.24, 2.45) is 5.90 Å². The highest BCUT2D eigenvalue weighted by Gasteiger charge is 2.68. The van der Waals surface area contributed by atoms with Crippen molar-refractivity contribution in [2.45, 2.75) is 56.7 Å². The largest absolute Gasteiger partial charge is 0.390 e. The number of nitrogens with zero attached hydrogens (tertiary/aromatic N) is 1. The molecule has 35 heavy (non-hydrogen) atoms. The van der Waals surface area contributed by atoms with Crippen molar-refractivity contribution in [3.63, 3.8) is 0 Å². The molecular weight excluding hydrogens is 462 g/mol. The molecule has 4 rings (SSSR count). The monoisotopic (exact) mass is 495 g/mol. The molecule has 8 nitrogen and oxygen atoms in total. The summed E-state index contributed by atoms with van der Waals surface area (Å²) < 4.78 is 7.69. The standard InChI is InChI=1S/C26H33N3O5Si/c1-18-16-29(24(31)28-23(18)30)22-15-26(32,21(34-22)17-33-27)35(25(2,3)4,19-11-7-5-8-12-19)20-13-9-6-10-14-20/h5-14,16,21-22,32H,15,17,27H2,1-4H3,(H,28,30,31)/t21-,22-,26-/m1/s1. The number of aliphatic hydroxyl groups is 1. The molecule has 3 aromatic rings. The topological polar surface area (TPSA) is 120 Å². The first-order chi connectivity index (χ1) is 16.6. The number of H-pyrrole nitrogens is 1. The lowest BCUT2D eigenvalue weighted by molar-refractivity contribution is -0.0762. The smallest absolute Gasteiger partial charge is 0.330 e. The van der Waals surface area contributed by atoms with Crippen LogP contribution in [0.15, 0.2) is 76.4 Å². The summed E-state index contributed by atoms with van der Waals surface area (Å²) >= 11 is 0. The fourth-order valence-electron chi connectivity index (χ4n) is 5.93. The number of aromatic nitrogens is 2. The van der Waals surface area contributed by atoms with Crippen LogP contribution in [0.4, 0.5) is 0 Å². The maximum absolute atomic E-state index is 12.9. The summed E-state index contributed by atoms with van der Waals surface area (Å²) in [6, 6.07) is 20.1. The highest BCUT2D eigenvalue weighted by atomic mass is 28.3. The van der Waals surface area contributed by atoms with Crippen LogP contribution in [0, 0.1) is 6.92 Å². The second kappa shape index (κ2) is 9.33. The summed E-state index contributed by atoms with van der Waals surface area (Å²) in [5.74, 6) is 5.53. The number of hydrogen-bond acceptors (Lipinski definition) is 6. The minimum absolute atomic E-state index is 0.0609. The van der Waals surface area contributed by atoms with Gasteiger partial charge in [0, 0.05) is 18.2 Å². The van der Waals surface area contributed by atoms with Gasteiger partial charge in [0.2, 0.25) is 0 Å². The van der Waals surface area contributed by atoms with Crippen LogP contribution >= 0.6 is 0 Å². The second-order valence-electron chi connectivity index (χ2n) is 10.3. The summed E-state index contributed by atoms with van der Waals surface area (Å²) in [5.41, 5.74) is -0.668. The molecule has 3 atom stereocenters. The van der Waals surface area contributed by atoms with E-state index in [0.717, 1.165) is 10.4 Å². The van der Waals surface area contributed by atoms with Crippen LogP contribution in [0.2, 0.25) is 5.04 Å². The number of ether oxygens (including phenoxy) is 1. The van der Waals surface area contributed by atoms with Crippen molar-refractivity contribution in [1.29, 1.82) is 0 Å². The van der Waals surface area contributed by atoms with Gasteiger partial charge in [0.15, 0.2) is 8.07 Å². The Morgan fingerprint density at radius 1 is 1.11 bits per heavy atom. The minimum Gasteiger partial charge on any atom is -0.390 e. The Hall–Kier alpha value is -2.82. The van der Waals surface area contributed by atoms with E-state index in [-0.39, 0.29) is 18.1 Å². The molecule has 1 aliphatic heterocycles. The van der Waals surface area contributed by atoms with E-state index in [9.17, 15) is 14.7 Å². The van der Waals surface area contributed by atoms with E-state index in [1.54, 1.807) is 6.92 Å². The lowest BCUT2D eigenvalue weighted by Gasteiger charge is -2.53. The Bertz CT molecular complexity index is 1250. The number of benzene rings is 2. The zero-order valence-corrected chi connectivity index (χ0v) is 21.5. The third-order valence-corrected chi connectivity index (χ3v) is 13.7. The van der Waals surface area contributed by atoms with Gasteiger partial charge in [-0.2, -0.15) is 0 Å². The average molecular weight is 496 g/mol. The molecule has 0 unspecified atom stereocenters. The molecule has 0 spiro atoms. The molecule has 0 radical (unpaired) electrons. The highest BCUT2D eigenvalue weighted by Crippen LogP contribution is 2.51. The fourth-order valence-corrected chi connectivity index (χ4v) is 12.8. The first-order valence-corrected chi connectivity index (χ1v) is 13.7. The van der Waals surface area contributed by atoms with Crippen LogP contribution in [0.25, 0.3) is 0 Å². The van der Waals surface area contributed by atoms with Gasteiger partial charge in [-0.1, -0.05) is 91.8 Å². The minimum atomic E-state index is -3.15. The van der Waals surface area contributed by atoms with Crippen molar-refractivity contribution >= 4 is 18.4 Å². The molecule has 1 aromatic heterocycles. The van der Waals surface area contributed by atoms with E-state index in [4.69, 9.17) is 15.5 Å². The van der Waals surface area contributed by atoms with Gasteiger partial charge in [-0.15, -0.1) is 0 Å². The Kier molecular flexibility index (Phi) is 6.73. The third-order valence-electron chi connectivity index (χ3n) is 7.23. The van der Waals surface area contributed by atoms with Gasteiger partial charge < -0.3 is 14.7 Å². The van der Waals surface area contributed by atoms with E-state index >= 15 is 0 Å². The van der Waals surface area contributed by atoms with Crippen molar-refractivity contribution in [1.82, 2.24) is 9.55 Å². The van der Waals surface area contributed by atoms with E-state index in [2.05, 4.69) is 50.0 Å². The lowest BCUT2D eigenvalue weighted by atomic mass is 10.1. The maximum Gasteiger partial charge on any atom is 0.330 e. The average Bonchev–Trinajstić information content (AvgIpc) is 3.14. The van der Waals surface area contributed by atoms with Crippen molar-refractivity contribution in [2.75, 3.05) is 6.61 Å². The van der Waals surface area contributed by atoms with Crippen LogP contribution in [-0.2, 0) is 9.57 Å². The van der Waals surface area contributed by atoms with E-state index in [1.165, 1.54) is 10.8 Å². The van der Waals surface area contributed by atoms with Crippen LogP contribution < -0.4 is 27.5 Å². The van der Waals surface area contributed by atoms with Gasteiger partial charge >= 0.3 is 5.69 Å². The van der Waals surface area contributed by atoms with Gasteiger partial charge in [-0.05, 0) is 12.0 Å². The first kappa shape index (κ1) is 25.3. The molecule has 2 aromatic carbocycles. The summed E-state index contributed by atoms with van der Waals surface area (Å²) in [6.45, 7) is 7.98. The summed E-state index contributed by atoms with van der Waals surface area (Å²) in [6.07, 6.45) is -0.0315. The van der Waals surface area contributed by atoms with Gasteiger partial charge in [0.25, 0.3) is 5.56 Å². The summed E-state index contributed by atoms with van der Waals surface area (Å²) in [7, 11) is -3.15. The first-order valence-electron chi connectivity index (χ1n) is 11.7. The predicted octanol–water partition coefficient (Wildman–Crippen LogP) is 1.36. The molecular formula is C26H33N3O5Si. The Labute approximate surface area is 205 Å². The van der Waals surface area contributed by atoms with Crippen molar-refractivity contribution in [3.8, 4) is 0 Å². The Morgan fingerprint density at radius 3 is 2.14 bits per heavy atom. The zero-order chi connectivity index (χ0) is 25.4. The Balaban J connectivity index is 2.01. The molecule has 0 saturated carbocycles. The lowest BCUT2D eigenvalue weighted by Crippen LogP contribution is -2.80. The van der Waals surface area contributed by atoms with Crippen molar-refractivity contribution < 1.29 is 14.7 Å². The normalized spacial score (nSPS) is 22.9. The fraction of sp³-hybridized carbons (Fsp3) is 0.385. The van der Waals surface area contributed by atoms with Gasteiger partial charge in [-0.3, -0.25) is 14.3 Å². The van der Waals surface area contributed by atoms with Crippen LogP contribution in [-0.4, -0.2) is 40.7 Å². The SMILES string of the molecule is Cc1cn([C@H]2C[C@@](O)([Si](c3ccccc3)(c3ccccc3)C(C)(C)C)[C@@H](CON)O2)c(=O)[nH]c1=O. The summed E-state index contributed by atoms with van der Waals surface area (Å²) in [4.78, 5) is 32.1. The molecule has 0 amide bonds. The third kappa shape index (κ3) is 4.03. The van der Waals surface area contributed by atoms with Gasteiger partial charge in [0.1, 0.15) is 12.3 Å². The van der Waals surface area contributed by atoms with E-state index < -0.39 is 36.9 Å². The summed E-state index contributed by atoms with van der Waals surface area (Å²) in [5, 5.41) is 13.2. The zero-order valence-electron chi connectivity index (χ0n) is 20.5. The molecule has 186 valence electrons.